The van der Waals surface area contributed by atoms with Crippen molar-refractivity contribution < 1.29 is 18.0 Å². The fourth-order valence-electron chi connectivity index (χ4n) is 1.62. The number of alkyl halides is 3. The molecule has 20 heavy (non-hydrogen) atoms. The molecule has 0 aliphatic rings. The topological polar surface area (TPSA) is 62.0 Å². The van der Waals surface area contributed by atoms with Gasteiger partial charge in [-0.1, -0.05) is 15.9 Å². The lowest BCUT2D eigenvalue weighted by Gasteiger charge is -2.09. The zero-order valence-electron chi connectivity index (χ0n) is 9.84. The van der Waals surface area contributed by atoms with E-state index in [1.165, 1.54) is 0 Å². The van der Waals surface area contributed by atoms with Crippen molar-refractivity contribution in [2.75, 3.05) is 6.54 Å². The minimum Gasteiger partial charge on any atom is -0.350 e. The van der Waals surface area contributed by atoms with E-state index in [0.29, 0.717) is 15.4 Å². The van der Waals surface area contributed by atoms with Gasteiger partial charge in [0.15, 0.2) is 5.43 Å². The summed E-state index contributed by atoms with van der Waals surface area (Å²) in [5.74, 6) is -0.982. The second-order valence-corrected chi connectivity index (χ2v) is 4.95. The van der Waals surface area contributed by atoms with Gasteiger partial charge in [-0.05, 0) is 18.2 Å². The molecule has 0 unspecified atom stereocenters. The van der Waals surface area contributed by atoms with Crippen LogP contribution in [0.2, 0.25) is 0 Å². The van der Waals surface area contributed by atoms with Crippen LogP contribution in [0.4, 0.5) is 13.2 Å². The Bertz CT molecular complexity index is 725. The SMILES string of the molecule is O=C(NCC(F)(F)F)c1cc(=O)c2cc(Br)ccc2[nH]1. The van der Waals surface area contributed by atoms with E-state index in [1.54, 1.807) is 23.5 Å². The summed E-state index contributed by atoms with van der Waals surface area (Å²) in [6.07, 6.45) is -4.50. The highest BCUT2D eigenvalue weighted by Crippen LogP contribution is 2.16. The summed E-state index contributed by atoms with van der Waals surface area (Å²) in [4.78, 5) is 26.0. The van der Waals surface area contributed by atoms with E-state index in [0.717, 1.165) is 6.07 Å². The van der Waals surface area contributed by atoms with Crippen molar-refractivity contribution in [2.45, 2.75) is 6.18 Å². The Kier molecular flexibility index (Phi) is 3.85. The number of aromatic amines is 1. The second kappa shape index (κ2) is 5.28. The molecule has 8 heteroatoms. The van der Waals surface area contributed by atoms with E-state index >= 15 is 0 Å². The predicted octanol–water partition coefficient (Wildman–Crippen LogP) is 2.58. The summed E-state index contributed by atoms with van der Waals surface area (Å²) in [5, 5.41) is 2.04. The third-order valence-corrected chi connectivity index (χ3v) is 2.98. The van der Waals surface area contributed by atoms with Crippen LogP contribution < -0.4 is 10.7 Å². The molecule has 1 aromatic heterocycles. The van der Waals surface area contributed by atoms with Crippen molar-refractivity contribution in [3.05, 3.63) is 44.7 Å². The molecule has 0 bridgehead atoms. The number of hydrogen-bond donors (Lipinski definition) is 2. The van der Waals surface area contributed by atoms with Crippen LogP contribution >= 0.6 is 15.9 Å². The van der Waals surface area contributed by atoms with Crippen LogP contribution in [0.5, 0.6) is 0 Å². The molecular formula is C12H8BrF3N2O2. The molecule has 0 spiro atoms. The Balaban J connectivity index is 2.34. The number of benzene rings is 1. The fourth-order valence-corrected chi connectivity index (χ4v) is 1.98. The van der Waals surface area contributed by atoms with Crippen molar-refractivity contribution in [3.63, 3.8) is 0 Å². The molecule has 2 rings (SSSR count). The van der Waals surface area contributed by atoms with E-state index in [1.807, 2.05) is 0 Å². The summed E-state index contributed by atoms with van der Waals surface area (Å²) in [6.45, 7) is -1.45. The Morgan fingerprint density at radius 3 is 2.65 bits per heavy atom. The van der Waals surface area contributed by atoms with Crippen LogP contribution in [0.3, 0.4) is 0 Å². The first-order chi connectivity index (χ1) is 9.26. The molecule has 1 aromatic carbocycles. The van der Waals surface area contributed by atoms with E-state index in [9.17, 15) is 22.8 Å². The Labute approximate surface area is 119 Å². The number of carbonyl (C=O) groups is 1. The minimum atomic E-state index is -4.50. The summed E-state index contributed by atoms with van der Waals surface area (Å²) in [6, 6.07) is 5.74. The maximum Gasteiger partial charge on any atom is 0.405 e. The first kappa shape index (κ1) is 14.6. The summed E-state index contributed by atoms with van der Waals surface area (Å²) in [7, 11) is 0. The number of aromatic nitrogens is 1. The second-order valence-electron chi connectivity index (χ2n) is 4.04. The molecule has 0 radical (unpaired) electrons. The van der Waals surface area contributed by atoms with Gasteiger partial charge in [-0.2, -0.15) is 13.2 Å². The molecule has 0 fully saturated rings. The van der Waals surface area contributed by atoms with Crippen molar-refractivity contribution in [3.8, 4) is 0 Å². The fraction of sp³-hybridized carbons (Fsp3) is 0.167. The Morgan fingerprint density at radius 2 is 2.00 bits per heavy atom. The van der Waals surface area contributed by atoms with Gasteiger partial charge in [0, 0.05) is 21.4 Å². The first-order valence-electron chi connectivity index (χ1n) is 5.44. The third-order valence-electron chi connectivity index (χ3n) is 2.49. The van der Waals surface area contributed by atoms with E-state index < -0.39 is 24.1 Å². The van der Waals surface area contributed by atoms with Crippen molar-refractivity contribution in [1.29, 1.82) is 0 Å². The molecule has 1 heterocycles. The summed E-state index contributed by atoms with van der Waals surface area (Å²) >= 11 is 3.20. The van der Waals surface area contributed by atoms with Crippen LogP contribution in [0.15, 0.2) is 33.5 Å². The number of nitrogens with one attached hydrogen (secondary N) is 2. The number of H-pyrrole nitrogens is 1. The molecule has 106 valence electrons. The van der Waals surface area contributed by atoms with Crippen LogP contribution in [-0.2, 0) is 0 Å². The summed E-state index contributed by atoms with van der Waals surface area (Å²) in [5.41, 5.74) is -0.288. The molecule has 4 nitrogen and oxygen atoms in total. The van der Waals surface area contributed by atoms with Gasteiger partial charge in [0.25, 0.3) is 5.91 Å². The predicted molar refractivity (Wildman–Crippen MR) is 70.7 cm³/mol. The van der Waals surface area contributed by atoms with Gasteiger partial charge in [0.1, 0.15) is 12.2 Å². The van der Waals surface area contributed by atoms with Gasteiger partial charge in [-0.15, -0.1) is 0 Å². The highest BCUT2D eigenvalue weighted by Gasteiger charge is 2.28. The Morgan fingerprint density at radius 1 is 1.30 bits per heavy atom. The van der Waals surface area contributed by atoms with Crippen molar-refractivity contribution in [2.24, 2.45) is 0 Å². The molecule has 0 aliphatic carbocycles. The molecule has 1 amide bonds. The lowest BCUT2D eigenvalue weighted by atomic mass is 10.2. The standard InChI is InChI=1S/C12H8BrF3N2O2/c13-6-1-2-8-7(3-6)10(19)4-9(18-8)11(20)17-5-12(14,15)16/h1-4H,5H2,(H,17,20)(H,18,19). The van der Waals surface area contributed by atoms with Gasteiger partial charge < -0.3 is 10.3 Å². The average Bonchev–Trinajstić information content (AvgIpc) is 2.35. The largest absolute Gasteiger partial charge is 0.405 e. The molecule has 0 atom stereocenters. The quantitative estimate of drug-likeness (QED) is 0.876. The third kappa shape index (κ3) is 3.38. The van der Waals surface area contributed by atoms with Crippen molar-refractivity contribution >= 4 is 32.7 Å². The number of pyridine rings is 1. The molecule has 2 N–H and O–H groups in total. The molecular weight excluding hydrogens is 341 g/mol. The van der Waals surface area contributed by atoms with Crippen LogP contribution in [-0.4, -0.2) is 23.6 Å². The highest BCUT2D eigenvalue weighted by atomic mass is 79.9. The normalized spacial score (nSPS) is 11.6. The monoisotopic (exact) mass is 348 g/mol. The number of amides is 1. The maximum atomic E-state index is 12.0. The number of halogens is 4. The molecule has 0 saturated carbocycles. The zero-order valence-corrected chi connectivity index (χ0v) is 11.4. The van der Waals surface area contributed by atoms with E-state index in [-0.39, 0.29) is 5.69 Å². The van der Waals surface area contributed by atoms with Gasteiger partial charge in [-0.3, -0.25) is 9.59 Å². The Hall–Kier alpha value is -1.83. The van der Waals surface area contributed by atoms with E-state index in [4.69, 9.17) is 0 Å². The molecule has 0 aliphatic heterocycles. The number of rotatable bonds is 2. The van der Waals surface area contributed by atoms with E-state index in [2.05, 4.69) is 20.9 Å². The lowest BCUT2D eigenvalue weighted by molar-refractivity contribution is -0.123. The maximum absolute atomic E-state index is 12.0. The number of hydrogen-bond acceptors (Lipinski definition) is 2. The van der Waals surface area contributed by atoms with Gasteiger partial charge in [0.05, 0.1) is 0 Å². The number of fused-ring (bicyclic) bond motifs is 1. The highest BCUT2D eigenvalue weighted by molar-refractivity contribution is 9.10. The first-order valence-corrected chi connectivity index (χ1v) is 6.23. The van der Waals surface area contributed by atoms with Gasteiger partial charge >= 0.3 is 6.18 Å². The summed E-state index contributed by atoms with van der Waals surface area (Å²) < 4.78 is 36.7. The zero-order chi connectivity index (χ0) is 14.9. The van der Waals surface area contributed by atoms with Crippen LogP contribution in [0, 0.1) is 0 Å². The van der Waals surface area contributed by atoms with Crippen molar-refractivity contribution in [1.82, 2.24) is 10.3 Å². The number of carbonyl (C=O) groups excluding carboxylic acids is 1. The average molecular weight is 349 g/mol. The van der Waals surface area contributed by atoms with Gasteiger partial charge in [-0.25, -0.2) is 0 Å². The molecule has 0 saturated heterocycles. The minimum absolute atomic E-state index is 0.214. The molecule has 2 aromatic rings. The smallest absolute Gasteiger partial charge is 0.350 e. The van der Waals surface area contributed by atoms with Crippen LogP contribution in [0.1, 0.15) is 10.5 Å². The van der Waals surface area contributed by atoms with Gasteiger partial charge in [0.2, 0.25) is 0 Å². The lowest BCUT2D eigenvalue weighted by Crippen LogP contribution is -2.34. The van der Waals surface area contributed by atoms with Crippen LogP contribution in [0.25, 0.3) is 10.9 Å².